The van der Waals surface area contributed by atoms with Gasteiger partial charge in [-0.3, -0.25) is 4.72 Å². The van der Waals surface area contributed by atoms with Crippen LogP contribution in [0, 0.1) is 0 Å². The number of sulfonamides is 1. The Labute approximate surface area is 140 Å². The van der Waals surface area contributed by atoms with Crippen LogP contribution in [0.4, 0.5) is 23.2 Å². The first-order valence-electron chi connectivity index (χ1n) is 6.90. The first kappa shape index (κ1) is 17.3. The molecular weight excluding hydrogens is 366 g/mol. The Hall–Kier alpha value is -2.49. The summed E-state index contributed by atoms with van der Waals surface area (Å²) in [6.07, 6.45) is -9.70. The summed E-state index contributed by atoms with van der Waals surface area (Å²) in [5.41, 5.74) is 0.387. The van der Waals surface area contributed by atoms with Crippen LogP contribution in [0.3, 0.4) is 0 Å². The second-order valence-electron chi connectivity index (χ2n) is 5.25. The van der Waals surface area contributed by atoms with Gasteiger partial charge in [0, 0.05) is 6.07 Å². The molecule has 0 saturated heterocycles. The normalized spacial score (nSPS) is 17.8. The number of halogens is 4. The van der Waals surface area contributed by atoms with Crippen molar-refractivity contribution in [3.05, 3.63) is 54.1 Å². The molecular formula is C15H11F4NO4S. The van der Waals surface area contributed by atoms with E-state index < -0.39 is 33.7 Å². The van der Waals surface area contributed by atoms with Crippen LogP contribution in [0.5, 0.6) is 11.5 Å². The third-order valence-corrected chi connectivity index (χ3v) is 4.49. The molecule has 1 aliphatic heterocycles. The zero-order valence-electron chi connectivity index (χ0n) is 12.4. The van der Waals surface area contributed by atoms with Crippen molar-refractivity contribution in [3.8, 4) is 11.5 Å². The predicted octanol–water partition coefficient (Wildman–Crippen LogP) is 3.59. The molecule has 0 aromatic heterocycles. The summed E-state index contributed by atoms with van der Waals surface area (Å²) >= 11 is 0. The molecule has 10 heteroatoms. The molecule has 0 fully saturated rings. The topological polar surface area (TPSA) is 64.6 Å². The average molecular weight is 377 g/mol. The Morgan fingerprint density at radius 1 is 0.880 bits per heavy atom. The maximum Gasteiger partial charge on any atom is 0.507 e. The van der Waals surface area contributed by atoms with Gasteiger partial charge in [0.25, 0.3) is 0 Å². The Bertz CT molecular complexity index is 888. The molecule has 25 heavy (non-hydrogen) atoms. The predicted molar refractivity (Wildman–Crippen MR) is 80.3 cm³/mol. The fraction of sp³-hybridized carbons (Fsp3) is 0.200. The van der Waals surface area contributed by atoms with Crippen LogP contribution in [0.25, 0.3) is 0 Å². The smallest absolute Gasteiger partial charge is 0.421 e. The van der Waals surface area contributed by atoms with E-state index in [1.54, 1.807) is 30.3 Å². The molecule has 1 heterocycles. The van der Waals surface area contributed by atoms with E-state index in [0.717, 1.165) is 18.2 Å². The number of ether oxygens (including phenoxy) is 2. The molecule has 0 spiro atoms. The molecule has 0 aliphatic carbocycles. The van der Waals surface area contributed by atoms with E-state index in [-0.39, 0.29) is 11.4 Å². The fourth-order valence-corrected chi connectivity index (χ4v) is 3.33. The molecule has 1 aliphatic rings. The van der Waals surface area contributed by atoms with Crippen LogP contribution in [-0.4, -0.2) is 20.6 Å². The number of hydrogen-bond acceptors (Lipinski definition) is 4. The van der Waals surface area contributed by atoms with E-state index in [1.807, 2.05) is 0 Å². The standard InChI is InChI=1S/C15H11F4NO4S/c16-14(17)15(18,19)24-13-8-11(6-7-12(13)23-14)20-25(21,22)9-10-4-2-1-3-5-10/h1-8,20H,9H2. The zero-order chi connectivity index (χ0) is 18.3. The lowest BCUT2D eigenvalue weighted by Crippen LogP contribution is -2.52. The van der Waals surface area contributed by atoms with E-state index in [1.165, 1.54) is 0 Å². The van der Waals surface area contributed by atoms with Gasteiger partial charge in [0.15, 0.2) is 11.5 Å². The average Bonchev–Trinajstić information content (AvgIpc) is 2.48. The van der Waals surface area contributed by atoms with Crippen molar-refractivity contribution < 1.29 is 35.5 Å². The van der Waals surface area contributed by atoms with Crippen LogP contribution in [0.1, 0.15) is 5.56 Å². The highest BCUT2D eigenvalue weighted by molar-refractivity contribution is 7.91. The lowest BCUT2D eigenvalue weighted by molar-refractivity contribution is -0.391. The highest BCUT2D eigenvalue weighted by Gasteiger charge is 2.65. The van der Waals surface area contributed by atoms with Crippen LogP contribution < -0.4 is 14.2 Å². The molecule has 0 saturated carbocycles. The van der Waals surface area contributed by atoms with Gasteiger partial charge in [-0.2, -0.15) is 17.6 Å². The van der Waals surface area contributed by atoms with E-state index in [2.05, 4.69) is 14.2 Å². The summed E-state index contributed by atoms with van der Waals surface area (Å²) in [5, 5.41) is 0. The van der Waals surface area contributed by atoms with E-state index >= 15 is 0 Å². The molecule has 134 valence electrons. The van der Waals surface area contributed by atoms with Gasteiger partial charge in [0.05, 0.1) is 11.4 Å². The molecule has 0 amide bonds. The van der Waals surface area contributed by atoms with Crippen LogP contribution >= 0.6 is 0 Å². The summed E-state index contributed by atoms with van der Waals surface area (Å²) < 4.78 is 86.8. The van der Waals surface area contributed by atoms with Gasteiger partial charge in [-0.1, -0.05) is 30.3 Å². The summed E-state index contributed by atoms with van der Waals surface area (Å²) in [4.78, 5) is 0. The lowest BCUT2D eigenvalue weighted by Gasteiger charge is -2.31. The Kier molecular flexibility index (Phi) is 4.02. The maximum absolute atomic E-state index is 13.2. The van der Waals surface area contributed by atoms with Gasteiger partial charge in [-0.15, -0.1) is 0 Å². The SMILES string of the molecule is O=S(=O)(Cc1ccccc1)Nc1ccc2c(c1)OC(F)(F)C(F)(F)O2. The summed E-state index contributed by atoms with van der Waals surface area (Å²) in [6, 6.07) is 11.1. The molecule has 0 bridgehead atoms. The van der Waals surface area contributed by atoms with E-state index in [4.69, 9.17) is 0 Å². The highest BCUT2D eigenvalue weighted by Crippen LogP contribution is 2.47. The summed E-state index contributed by atoms with van der Waals surface area (Å²) in [5.74, 6) is -1.67. The van der Waals surface area contributed by atoms with Crippen molar-refractivity contribution in [3.63, 3.8) is 0 Å². The first-order chi connectivity index (χ1) is 11.6. The van der Waals surface area contributed by atoms with Crippen molar-refractivity contribution >= 4 is 15.7 Å². The second kappa shape index (κ2) is 5.80. The number of anilines is 1. The number of benzene rings is 2. The fourth-order valence-electron chi connectivity index (χ4n) is 2.14. The highest BCUT2D eigenvalue weighted by atomic mass is 32.2. The molecule has 2 aromatic rings. The molecule has 0 atom stereocenters. The molecule has 0 radical (unpaired) electrons. The lowest BCUT2D eigenvalue weighted by atomic mass is 10.2. The monoisotopic (exact) mass is 377 g/mol. The van der Waals surface area contributed by atoms with Crippen molar-refractivity contribution in [1.29, 1.82) is 0 Å². The molecule has 2 aromatic carbocycles. The Balaban J connectivity index is 1.81. The van der Waals surface area contributed by atoms with Crippen molar-refractivity contribution in [1.82, 2.24) is 0 Å². The number of nitrogens with one attached hydrogen (secondary N) is 1. The third kappa shape index (κ3) is 3.63. The van der Waals surface area contributed by atoms with Crippen LogP contribution in [0.15, 0.2) is 48.5 Å². The number of alkyl halides is 4. The number of rotatable bonds is 4. The first-order valence-corrected chi connectivity index (χ1v) is 8.55. The van der Waals surface area contributed by atoms with Crippen LogP contribution in [-0.2, 0) is 15.8 Å². The van der Waals surface area contributed by atoms with Gasteiger partial charge < -0.3 is 9.47 Å². The minimum atomic E-state index is -4.87. The third-order valence-electron chi connectivity index (χ3n) is 3.23. The van der Waals surface area contributed by atoms with Gasteiger partial charge >= 0.3 is 12.2 Å². The molecule has 5 nitrogen and oxygen atoms in total. The quantitative estimate of drug-likeness (QED) is 0.828. The maximum atomic E-state index is 13.2. The van der Waals surface area contributed by atoms with E-state index in [0.29, 0.717) is 5.56 Å². The van der Waals surface area contributed by atoms with Crippen molar-refractivity contribution in [2.45, 2.75) is 18.0 Å². The molecule has 3 rings (SSSR count). The van der Waals surface area contributed by atoms with Gasteiger partial charge in [0.2, 0.25) is 10.0 Å². The Morgan fingerprint density at radius 3 is 2.12 bits per heavy atom. The summed E-state index contributed by atoms with van der Waals surface area (Å²) in [7, 11) is -3.85. The van der Waals surface area contributed by atoms with Crippen LogP contribution in [0.2, 0.25) is 0 Å². The molecule has 0 unspecified atom stereocenters. The van der Waals surface area contributed by atoms with Crippen molar-refractivity contribution in [2.75, 3.05) is 4.72 Å². The van der Waals surface area contributed by atoms with Gasteiger partial charge in [0.1, 0.15) is 0 Å². The Morgan fingerprint density at radius 2 is 1.48 bits per heavy atom. The second-order valence-corrected chi connectivity index (χ2v) is 6.97. The minimum absolute atomic E-state index is 0.126. The largest absolute Gasteiger partial charge is 0.507 e. The van der Waals surface area contributed by atoms with E-state index in [9.17, 15) is 26.0 Å². The van der Waals surface area contributed by atoms with Gasteiger partial charge in [-0.05, 0) is 17.7 Å². The number of fused-ring (bicyclic) bond motifs is 1. The summed E-state index contributed by atoms with van der Waals surface area (Å²) in [6.45, 7) is 0. The number of hydrogen-bond donors (Lipinski definition) is 1. The van der Waals surface area contributed by atoms with Gasteiger partial charge in [-0.25, -0.2) is 8.42 Å². The van der Waals surface area contributed by atoms with Crippen molar-refractivity contribution in [2.24, 2.45) is 0 Å². The molecule has 1 N–H and O–H groups in total. The minimum Gasteiger partial charge on any atom is -0.421 e. The zero-order valence-corrected chi connectivity index (χ0v) is 13.2.